The Hall–Kier alpha value is -3.33. The molecule has 4 aromatic rings. The van der Waals surface area contributed by atoms with E-state index < -0.39 is 5.63 Å². The number of benzene rings is 3. The summed E-state index contributed by atoms with van der Waals surface area (Å²) in [7, 11) is 0. The molecule has 1 N–H and O–H groups in total. The van der Waals surface area contributed by atoms with Gasteiger partial charge in [0.05, 0.1) is 10.9 Å². The Kier molecular flexibility index (Phi) is 9.00. The number of fused-ring (bicyclic) bond motifs is 1. The number of hydrogen-bond acceptors (Lipinski definition) is 3. The van der Waals surface area contributed by atoms with Gasteiger partial charge in [-0.05, 0) is 60.1 Å². The molecular formula is C33H38O3. The third-order valence-electron chi connectivity index (χ3n) is 7.09. The molecule has 0 amide bonds. The van der Waals surface area contributed by atoms with E-state index >= 15 is 0 Å². The molecule has 0 saturated heterocycles. The van der Waals surface area contributed by atoms with E-state index in [1.54, 1.807) is 0 Å². The van der Waals surface area contributed by atoms with Crippen molar-refractivity contribution in [1.29, 1.82) is 0 Å². The molecule has 0 atom stereocenters. The largest absolute Gasteiger partial charge is 0.507 e. The lowest BCUT2D eigenvalue weighted by atomic mass is 9.87. The molecule has 3 nitrogen and oxygen atoms in total. The predicted molar refractivity (Wildman–Crippen MR) is 151 cm³/mol. The zero-order valence-corrected chi connectivity index (χ0v) is 21.7. The Morgan fingerprint density at radius 1 is 0.694 bits per heavy atom. The van der Waals surface area contributed by atoms with Gasteiger partial charge < -0.3 is 9.52 Å². The van der Waals surface area contributed by atoms with E-state index in [1.165, 1.54) is 24.8 Å². The summed E-state index contributed by atoms with van der Waals surface area (Å²) in [6.45, 7) is 4.39. The molecule has 36 heavy (non-hydrogen) atoms. The van der Waals surface area contributed by atoms with Gasteiger partial charge in [-0.2, -0.15) is 0 Å². The minimum atomic E-state index is -0.428. The maximum atomic E-state index is 12.9. The molecule has 0 aliphatic carbocycles. The molecule has 1 heterocycles. The minimum Gasteiger partial charge on any atom is -0.507 e. The van der Waals surface area contributed by atoms with Gasteiger partial charge in [-0.15, -0.1) is 0 Å². The fourth-order valence-electron chi connectivity index (χ4n) is 5.12. The van der Waals surface area contributed by atoms with Crippen molar-refractivity contribution in [2.75, 3.05) is 0 Å². The second kappa shape index (κ2) is 12.6. The lowest BCUT2D eigenvalue weighted by Gasteiger charge is -2.18. The quantitative estimate of drug-likeness (QED) is 0.162. The lowest BCUT2D eigenvalue weighted by Crippen LogP contribution is -2.09. The molecule has 0 fully saturated rings. The van der Waals surface area contributed by atoms with Gasteiger partial charge >= 0.3 is 5.63 Å². The summed E-state index contributed by atoms with van der Waals surface area (Å²) >= 11 is 0. The summed E-state index contributed by atoms with van der Waals surface area (Å²) in [5, 5.41) is 12.2. The van der Waals surface area contributed by atoms with E-state index in [4.69, 9.17) is 4.42 Å². The van der Waals surface area contributed by atoms with Gasteiger partial charge in [0, 0.05) is 5.56 Å². The average Bonchev–Trinajstić information content (AvgIpc) is 2.91. The Morgan fingerprint density at radius 3 is 2.08 bits per heavy atom. The summed E-state index contributed by atoms with van der Waals surface area (Å²) in [6, 6.07) is 22.6. The van der Waals surface area contributed by atoms with Crippen LogP contribution in [0.15, 0.2) is 75.9 Å². The van der Waals surface area contributed by atoms with Crippen LogP contribution in [-0.4, -0.2) is 5.11 Å². The van der Waals surface area contributed by atoms with E-state index in [2.05, 4.69) is 50.2 Å². The van der Waals surface area contributed by atoms with Crippen LogP contribution in [0, 0.1) is 0 Å². The maximum Gasteiger partial charge on any atom is 0.343 e. The normalized spacial score (nSPS) is 11.3. The van der Waals surface area contributed by atoms with Crippen molar-refractivity contribution < 1.29 is 9.52 Å². The molecule has 0 aliphatic rings. The number of unbranched alkanes of at least 4 members (excludes halogenated alkanes) is 6. The van der Waals surface area contributed by atoms with E-state index in [-0.39, 0.29) is 5.75 Å². The second-order valence-electron chi connectivity index (χ2n) is 9.72. The van der Waals surface area contributed by atoms with E-state index in [9.17, 15) is 9.90 Å². The lowest BCUT2D eigenvalue weighted by molar-refractivity contribution is 0.454. The zero-order valence-electron chi connectivity index (χ0n) is 21.7. The smallest absolute Gasteiger partial charge is 0.343 e. The van der Waals surface area contributed by atoms with Crippen molar-refractivity contribution >= 4 is 11.0 Å². The third-order valence-corrected chi connectivity index (χ3v) is 7.09. The molecule has 188 valence electrons. The molecule has 4 rings (SSSR count). The second-order valence-corrected chi connectivity index (χ2v) is 9.72. The third kappa shape index (κ3) is 5.73. The molecule has 3 heteroatoms. The van der Waals surface area contributed by atoms with Crippen molar-refractivity contribution in [3.63, 3.8) is 0 Å². The van der Waals surface area contributed by atoms with Crippen LogP contribution in [0.25, 0.3) is 33.2 Å². The van der Waals surface area contributed by atoms with E-state index in [1.807, 2.05) is 30.3 Å². The monoisotopic (exact) mass is 482 g/mol. The van der Waals surface area contributed by atoms with Crippen LogP contribution < -0.4 is 5.63 Å². The highest BCUT2D eigenvalue weighted by atomic mass is 16.4. The van der Waals surface area contributed by atoms with Crippen LogP contribution >= 0.6 is 0 Å². The molecule has 0 saturated carbocycles. The van der Waals surface area contributed by atoms with Gasteiger partial charge in [0.25, 0.3) is 0 Å². The van der Waals surface area contributed by atoms with Gasteiger partial charge in [-0.3, -0.25) is 0 Å². The van der Waals surface area contributed by atoms with Gasteiger partial charge in [-0.25, -0.2) is 4.79 Å². The summed E-state index contributed by atoms with van der Waals surface area (Å²) < 4.78 is 5.82. The highest BCUT2D eigenvalue weighted by molar-refractivity contribution is 6.06. The van der Waals surface area contributed by atoms with Crippen molar-refractivity contribution in [3.05, 3.63) is 88.3 Å². The van der Waals surface area contributed by atoms with E-state index in [0.29, 0.717) is 23.0 Å². The van der Waals surface area contributed by atoms with E-state index in [0.717, 1.165) is 60.8 Å². The van der Waals surface area contributed by atoms with Crippen LogP contribution in [0.3, 0.4) is 0 Å². The predicted octanol–water partition coefficient (Wildman–Crippen LogP) is 9.08. The Bertz CT molecular complexity index is 1330. The average molecular weight is 483 g/mol. The Balaban J connectivity index is 1.93. The molecular weight excluding hydrogens is 444 g/mol. The van der Waals surface area contributed by atoms with Gasteiger partial charge in [0.2, 0.25) is 0 Å². The number of aromatic hydroxyl groups is 1. The van der Waals surface area contributed by atoms with Crippen LogP contribution in [-0.2, 0) is 12.8 Å². The van der Waals surface area contributed by atoms with Crippen molar-refractivity contribution in [3.8, 4) is 28.0 Å². The summed E-state index contributed by atoms with van der Waals surface area (Å²) in [5.74, 6) is 0.0753. The fourth-order valence-corrected chi connectivity index (χ4v) is 5.12. The fraction of sp³-hybridized carbons (Fsp3) is 0.364. The number of hydrogen-bond donors (Lipinski definition) is 1. The molecule has 0 bridgehead atoms. The Morgan fingerprint density at radius 2 is 1.36 bits per heavy atom. The summed E-state index contributed by atoms with van der Waals surface area (Å²) in [4.78, 5) is 12.9. The van der Waals surface area contributed by atoms with Crippen LogP contribution in [0.2, 0.25) is 0 Å². The van der Waals surface area contributed by atoms with Crippen LogP contribution in [0.4, 0.5) is 0 Å². The zero-order chi connectivity index (χ0) is 25.3. The first-order valence-corrected chi connectivity index (χ1v) is 13.6. The van der Waals surface area contributed by atoms with Crippen molar-refractivity contribution in [2.24, 2.45) is 0 Å². The first kappa shape index (κ1) is 25.8. The minimum absolute atomic E-state index is 0.0753. The van der Waals surface area contributed by atoms with Gasteiger partial charge in [0.15, 0.2) is 0 Å². The maximum absolute atomic E-state index is 12.9. The SMILES string of the molecule is CCCCCCc1ccccc1-c1c(-c2ccccc2)ccc2oc(=O)c(CCCCCC)c(O)c12. The van der Waals surface area contributed by atoms with Gasteiger partial charge in [0.1, 0.15) is 11.3 Å². The number of aryl methyl sites for hydroxylation is 1. The first-order valence-electron chi connectivity index (χ1n) is 13.6. The molecule has 0 unspecified atom stereocenters. The van der Waals surface area contributed by atoms with Crippen LogP contribution in [0.1, 0.15) is 76.3 Å². The first-order chi connectivity index (χ1) is 17.7. The molecule has 1 aromatic heterocycles. The van der Waals surface area contributed by atoms with Crippen molar-refractivity contribution in [1.82, 2.24) is 0 Å². The Labute approximate surface area is 214 Å². The van der Waals surface area contributed by atoms with Crippen molar-refractivity contribution in [2.45, 2.75) is 78.1 Å². The van der Waals surface area contributed by atoms with Gasteiger partial charge in [-0.1, -0.05) is 107 Å². The highest BCUT2D eigenvalue weighted by Gasteiger charge is 2.22. The molecule has 0 radical (unpaired) electrons. The molecule has 0 aliphatic heterocycles. The van der Waals surface area contributed by atoms with Crippen LogP contribution in [0.5, 0.6) is 5.75 Å². The summed E-state index contributed by atoms with van der Waals surface area (Å²) in [5.41, 5.74) is 5.81. The number of rotatable bonds is 12. The molecule has 0 spiro atoms. The summed E-state index contributed by atoms with van der Waals surface area (Å²) in [6.07, 6.45) is 10.4. The molecule has 3 aromatic carbocycles. The topological polar surface area (TPSA) is 50.4 Å². The highest BCUT2D eigenvalue weighted by Crippen LogP contribution is 2.43. The standard InChI is InChI=1S/C33H38O3/c1-3-5-7-10-16-24-19-14-15-20-26(24)30-27(25-17-11-9-12-18-25)22-23-29-31(30)32(34)28(33(35)36-29)21-13-8-6-4-2/h9,11-12,14-15,17-20,22-23,34H,3-8,10,13,16,21H2,1-2H3.